The number of rotatable bonds is 4. The van der Waals surface area contributed by atoms with E-state index in [1.54, 1.807) is 22.9 Å². The van der Waals surface area contributed by atoms with E-state index in [9.17, 15) is 9.18 Å². The fourth-order valence-corrected chi connectivity index (χ4v) is 3.56. The minimum absolute atomic E-state index is 0.0143. The first-order chi connectivity index (χ1) is 14.8. The standard InChI is InChI=1S/C24H20ClFN4O/c1-14-6-5-9-20(16(14)3)30-23(17-10-12-18(26)13-11-17)28-22(29-30)24(31)27-21-15(2)7-4-8-19(21)25/h4-13H,1-3H3,(H,27,31). The van der Waals surface area contributed by atoms with Crippen LogP contribution >= 0.6 is 11.6 Å². The van der Waals surface area contributed by atoms with Gasteiger partial charge in [-0.2, -0.15) is 0 Å². The maximum atomic E-state index is 13.5. The molecular weight excluding hydrogens is 415 g/mol. The summed E-state index contributed by atoms with van der Waals surface area (Å²) in [4.78, 5) is 17.5. The lowest BCUT2D eigenvalue weighted by molar-refractivity contribution is 0.101. The lowest BCUT2D eigenvalue weighted by Crippen LogP contribution is -2.15. The molecule has 0 aliphatic carbocycles. The Kier molecular flexibility index (Phi) is 5.57. The molecular formula is C24H20ClFN4O. The number of aryl methyl sites for hydroxylation is 2. The van der Waals surface area contributed by atoms with E-state index >= 15 is 0 Å². The van der Waals surface area contributed by atoms with Crippen LogP contribution in [0.1, 0.15) is 27.3 Å². The third kappa shape index (κ3) is 4.07. The number of anilines is 1. The Balaban J connectivity index is 1.82. The highest BCUT2D eigenvalue weighted by atomic mass is 35.5. The van der Waals surface area contributed by atoms with Gasteiger partial charge in [0.25, 0.3) is 5.91 Å². The number of benzene rings is 3. The van der Waals surface area contributed by atoms with Gasteiger partial charge in [-0.3, -0.25) is 4.79 Å². The van der Waals surface area contributed by atoms with Gasteiger partial charge in [-0.15, -0.1) is 5.10 Å². The molecule has 31 heavy (non-hydrogen) atoms. The summed E-state index contributed by atoms with van der Waals surface area (Å²) in [5, 5.41) is 7.73. The molecule has 156 valence electrons. The highest BCUT2D eigenvalue weighted by Crippen LogP contribution is 2.27. The Hall–Kier alpha value is -3.51. The molecule has 4 aromatic rings. The van der Waals surface area contributed by atoms with Crippen LogP contribution < -0.4 is 5.32 Å². The highest BCUT2D eigenvalue weighted by Gasteiger charge is 2.21. The number of halogens is 2. The molecule has 0 saturated carbocycles. The molecule has 0 spiro atoms. The lowest BCUT2D eigenvalue weighted by Gasteiger charge is -2.11. The molecule has 0 bridgehead atoms. The number of carbonyl (C=O) groups is 1. The summed E-state index contributed by atoms with van der Waals surface area (Å²) in [6.07, 6.45) is 0. The van der Waals surface area contributed by atoms with E-state index in [0.717, 1.165) is 22.4 Å². The molecule has 0 aliphatic rings. The van der Waals surface area contributed by atoms with E-state index in [-0.39, 0.29) is 11.6 Å². The molecule has 0 radical (unpaired) electrons. The number of aromatic nitrogens is 3. The van der Waals surface area contributed by atoms with Crippen LogP contribution in [0.15, 0.2) is 60.7 Å². The van der Waals surface area contributed by atoms with Gasteiger partial charge < -0.3 is 5.32 Å². The maximum absolute atomic E-state index is 13.5. The Morgan fingerprint density at radius 1 is 0.968 bits per heavy atom. The SMILES string of the molecule is Cc1cccc(-n2nc(C(=O)Nc3c(C)cccc3Cl)nc2-c2ccc(F)cc2)c1C. The zero-order valence-electron chi connectivity index (χ0n) is 17.3. The van der Waals surface area contributed by atoms with Gasteiger partial charge in [-0.05, 0) is 73.9 Å². The van der Waals surface area contributed by atoms with Crippen LogP contribution in [-0.2, 0) is 0 Å². The Morgan fingerprint density at radius 3 is 2.35 bits per heavy atom. The Labute approximate surface area is 184 Å². The van der Waals surface area contributed by atoms with Gasteiger partial charge in [-0.25, -0.2) is 14.1 Å². The fourth-order valence-electron chi connectivity index (χ4n) is 3.29. The summed E-state index contributed by atoms with van der Waals surface area (Å²) in [6.45, 7) is 5.84. The van der Waals surface area contributed by atoms with E-state index < -0.39 is 5.91 Å². The highest BCUT2D eigenvalue weighted by molar-refractivity contribution is 6.34. The predicted octanol–water partition coefficient (Wildman–Crippen LogP) is 5.90. The average Bonchev–Trinajstić information content (AvgIpc) is 3.18. The minimum Gasteiger partial charge on any atom is -0.318 e. The van der Waals surface area contributed by atoms with Crippen molar-refractivity contribution in [2.75, 3.05) is 5.32 Å². The first kappa shape index (κ1) is 20.8. The van der Waals surface area contributed by atoms with E-state index in [1.165, 1.54) is 12.1 Å². The van der Waals surface area contributed by atoms with Crippen LogP contribution in [0.3, 0.4) is 0 Å². The van der Waals surface area contributed by atoms with Crippen molar-refractivity contribution in [3.8, 4) is 17.1 Å². The van der Waals surface area contributed by atoms with Crippen molar-refractivity contribution in [1.29, 1.82) is 0 Å². The Morgan fingerprint density at radius 2 is 1.65 bits per heavy atom. The van der Waals surface area contributed by atoms with Crippen LogP contribution in [0.4, 0.5) is 10.1 Å². The van der Waals surface area contributed by atoms with Crippen LogP contribution in [0.5, 0.6) is 0 Å². The van der Waals surface area contributed by atoms with Gasteiger partial charge in [-0.1, -0.05) is 35.9 Å². The monoisotopic (exact) mass is 434 g/mol. The van der Waals surface area contributed by atoms with Crippen LogP contribution in [0.25, 0.3) is 17.1 Å². The molecule has 5 nitrogen and oxygen atoms in total. The molecule has 3 aromatic carbocycles. The topological polar surface area (TPSA) is 59.8 Å². The van der Waals surface area contributed by atoms with Gasteiger partial charge >= 0.3 is 0 Å². The Bertz CT molecular complexity index is 1260. The van der Waals surface area contributed by atoms with E-state index in [4.69, 9.17) is 11.6 Å². The van der Waals surface area contributed by atoms with E-state index in [1.807, 2.05) is 51.1 Å². The van der Waals surface area contributed by atoms with Crippen molar-refractivity contribution in [2.45, 2.75) is 20.8 Å². The summed E-state index contributed by atoms with van der Waals surface area (Å²) in [5.74, 6) is -0.411. The summed E-state index contributed by atoms with van der Waals surface area (Å²) < 4.78 is 15.1. The second-order valence-electron chi connectivity index (χ2n) is 7.28. The molecule has 7 heteroatoms. The summed E-state index contributed by atoms with van der Waals surface area (Å²) in [6, 6.07) is 17.1. The van der Waals surface area contributed by atoms with Crippen molar-refractivity contribution >= 4 is 23.2 Å². The van der Waals surface area contributed by atoms with E-state index in [0.29, 0.717) is 22.1 Å². The number of nitrogens with one attached hydrogen (secondary N) is 1. The number of amides is 1. The second kappa shape index (κ2) is 8.32. The summed E-state index contributed by atoms with van der Waals surface area (Å²) in [7, 11) is 0. The van der Waals surface area contributed by atoms with E-state index in [2.05, 4.69) is 15.4 Å². The van der Waals surface area contributed by atoms with Crippen LogP contribution in [0, 0.1) is 26.6 Å². The number of nitrogens with zero attached hydrogens (tertiary/aromatic N) is 3. The largest absolute Gasteiger partial charge is 0.318 e. The van der Waals surface area contributed by atoms with Crippen LogP contribution in [0.2, 0.25) is 5.02 Å². The molecule has 1 N–H and O–H groups in total. The van der Waals surface area contributed by atoms with Gasteiger partial charge in [0.15, 0.2) is 5.82 Å². The molecule has 0 atom stereocenters. The summed E-state index contributed by atoms with van der Waals surface area (Å²) >= 11 is 6.25. The normalized spacial score (nSPS) is 10.9. The number of hydrogen-bond donors (Lipinski definition) is 1. The molecule has 1 amide bonds. The lowest BCUT2D eigenvalue weighted by atomic mass is 10.1. The summed E-state index contributed by atoms with van der Waals surface area (Å²) in [5.41, 5.74) is 4.86. The third-order valence-electron chi connectivity index (χ3n) is 5.18. The van der Waals surface area contributed by atoms with Crippen molar-refractivity contribution in [1.82, 2.24) is 14.8 Å². The predicted molar refractivity (Wildman–Crippen MR) is 120 cm³/mol. The van der Waals surface area contributed by atoms with Crippen molar-refractivity contribution in [2.24, 2.45) is 0 Å². The second-order valence-corrected chi connectivity index (χ2v) is 7.69. The quantitative estimate of drug-likeness (QED) is 0.434. The molecule has 1 aromatic heterocycles. The molecule has 1 heterocycles. The molecule has 0 saturated heterocycles. The maximum Gasteiger partial charge on any atom is 0.295 e. The van der Waals surface area contributed by atoms with Gasteiger partial charge in [0.1, 0.15) is 5.82 Å². The fraction of sp³-hybridized carbons (Fsp3) is 0.125. The number of para-hydroxylation sites is 1. The molecule has 0 fully saturated rings. The smallest absolute Gasteiger partial charge is 0.295 e. The first-order valence-corrected chi connectivity index (χ1v) is 10.1. The van der Waals surface area contributed by atoms with Crippen molar-refractivity contribution in [3.63, 3.8) is 0 Å². The van der Waals surface area contributed by atoms with Gasteiger partial charge in [0.05, 0.1) is 16.4 Å². The number of hydrogen-bond acceptors (Lipinski definition) is 3. The molecule has 4 rings (SSSR count). The zero-order valence-corrected chi connectivity index (χ0v) is 18.0. The molecule has 0 aliphatic heterocycles. The average molecular weight is 435 g/mol. The minimum atomic E-state index is -0.483. The van der Waals surface area contributed by atoms with Gasteiger partial charge in [0, 0.05) is 5.56 Å². The number of carbonyl (C=O) groups excluding carboxylic acids is 1. The first-order valence-electron chi connectivity index (χ1n) is 9.71. The molecule has 0 unspecified atom stereocenters. The zero-order chi connectivity index (χ0) is 22.1. The third-order valence-corrected chi connectivity index (χ3v) is 5.49. The van der Waals surface area contributed by atoms with Crippen LogP contribution in [-0.4, -0.2) is 20.7 Å². The van der Waals surface area contributed by atoms with Gasteiger partial charge in [0.2, 0.25) is 5.82 Å². The van der Waals surface area contributed by atoms with Crippen molar-refractivity contribution in [3.05, 3.63) is 94.0 Å². The van der Waals surface area contributed by atoms with Crippen molar-refractivity contribution < 1.29 is 9.18 Å².